The van der Waals surface area contributed by atoms with Gasteiger partial charge in [0.15, 0.2) is 6.10 Å². The Bertz CT molecular complexity index is 1610. The highest BCUT2D eigenvalue weighted by Crippen LogP contribution is 2.17. The lowest BCUT2D eigenvalue weighted by Gasteiger charge is -2.18. The Hall–Kier alpha value is -3.67. The molecule has 1 unspecified atom stereocenters. The van der Waals surface area contributed by atoms with Gasteiger partial charge in [-0.3, -0.25) is 14.4 Å². The zero-order chi connectivity index (χ0) is 59.9. The van der Waals surface area contributed by atoms with Gasteiger partial charge in [0.05, 0.1) is 0 Å². The van der Waals surface area contributed by atoms with Crippen LogP contribution in [0.3, 0.4) is 0 Å². The average Bonchev–Trinajstić information content (AvgIpc) is 3.50. The molecule has 0 aliphatic heterocycles. The number of allylic oxidation sites excluding steroid dienone is 16. The standard InChI is InChI=1S/C77H134O6/c1-4-7-10-13-16-18-20-22-24-26-28-30-32-34-36-37-38-39-41-42-44-46-48-50-52-54-56-58-61-64-67-70-76(79)82-73-74(72-81-75(78)69-66-63-60-15-12-9-6-3)83-77(80)71-68-65-62-59-57-55-53-51-49-47-45-43-40-35-33-31-29-27-25-23-21-19-17-14-11-8-5-2/h7,10,16,18,21-24,27-30,33-36,74H,4-6,8-9,11-15,17,19-20,25-26,31-32,37-73H2,1-3H3/b10-7-,18-16-,23-21-,24-22-,29-27-,30-28-,35-33-,36-34-. The second kappa shape index (κ2) is 70.8. The van der Waals surface area contributed by atoms with Crippen molar-refractivity contribution in [3.05, 3.63) is 97.2 Å². The molecular weight excluding hydrogens is 1020 g/mol. The van der Waals surface area contributed by atoms with Crippen LogP contribution in [0.5, 0.6) is 0 Å². The van der Waals surface area contributed by atoms with Crippen molar-refractivity contribution in [3.63, 3.8) is 0 Å². The lowest BCUT2D eigenvalue weighted by Crippen LogP contribution is -2.30. The summed E-state index contributed by atoms with van der Waals surface area (Å²) in [7, 11) is 0. The maximum Gasteiger partial charge on any atom is 0.306 e. The number of rotatable bonds is 65. The summed E-state index contributed by atoms with van der Waals surface area (Å²) in [5.41, 5.74) is 0. The highest BCUT2D eigenvalue weighted by molar-refractivity contribution is 5.71. The van der Waals surface area contributed by atoms with Crippen LogP contribution in [0, 0.1) is 0 Å². The normalized spacial score (nSPS) is 12.7. The summed E-state index contributed by atoms with van der Waals surface area (Å²) in [5.74, 6) is -0.868. The van der Waals surface area contributed by atoms with E-state index in [9.17, 15) is 14.4 Å². The van der Waals surface area contributed by atoms with Crippen molar-refractivity contribution < 1.29 is 28.6 Å². The fourth-order valence-electron chi connectivity index (χ4n) is 10.2. The molecule has 0 rings (SSSR count). The summed E-state index contributed by atoms with van der Waals surface area (Å²) in [6.45, 7) is 6.51. The number of esters is 3. The van der Waals surface area contributed by atoms with E-state index in [1.165, 1.54) is 212 Å². The van der Waals surface area contributed by atoms with Crippen LogP contribution in [-0.4, -0.2) is 37.2 Å². The van der Waals surface area contributed by atoms with Crippen LogP contribution in [0.4, 0.5) is 0 Å². The molecule has 0 aliphatic carbocycles. The van der Waals surface area contributed by atoms with Crippen LogP contribution < -0.4 is 0 Å². The molecule has 0 aromatic carbocycles. The van der Waals surface area contributed by atoms with E-state index in [0.29, 0.717) is 19.3 Å². The maximum absolute atomic E-state index is 12.9. The van der Waals surface area contributed by atoms with Crippen LogP contribution in [0.2, 0.25) is 0 Å². The van der Waals surface area contributed by atoms with Crippen molar-refractivity contribution in [3.8, 4) is 0 Å². The molecule has 0 aliphatic rings. The largest absolute Gasteiger partial charge is 0.462 e. The number of ether oxygens (including phenoxy) is 3. The molecule has 478 valence electrons. The van der Waals surface area contributed by atoms with E-state index < -0.39 is 6.10 Å². The Labute approximate surface area is 515 Å². The molecule has 0 saturated carbocycles. The molecule has 1 atom stereocenters. The summed E-state index contributed by atoms with van der Waals surface area (Å²) in [6.07, 6.45) is 96.1. The molecule has 0 aromatic heterocycles. The van der Waals surface area contributed by atoms with Crippen molar-refractivity contribution in [2.45, 2.75) is 361 Å². The smallest absolute Gasteiger partial charge is 0.306 e. The predicted molar refractivity (Wildman–Crippen MR) is 362 cm³/mol. The van der Waals surface area contributed by atoms with Gasteiger partial charge in [-0.15, -0.1) is 0 Å². The van der Waals surface area contributed by atoms with Crippen LogP contribution in [0.25, 0.3) is 0 Å². The first-order chi connectivity index (χ1) is 41.0. The third kappa shape index (κ3) is 69.0. The van der Waals surface area contributed by atoms with E-state index >= 15 is 0 Å². The SMILES string of the molecule is CC/C=C\C/C=C\C/C=C\C/C=C\C/C=C\CCCCCCCCCCCCCCCCCC(=O)OCC(COC(=O)CCCCCCCCC)OC(=O)CCCCCCCCCCCCCC/C=C\C/C=C\C/C=C\CCCCCCC. The monoisotopic (exact) mass is 1160 g/mol. The van der Waals surface area contributed by atoms with Crippen molar-refractivity contribution in [2.24, 2.45) is 0 Å². The Morgan fingerprint density at radius 1 is 0.253 bits per heavy atom. The van der Waals surface area contributed by atoms with Crippen molar-refractivity contribution in [2.75, 3.05) is 13.2 Å². The third-order valence-electron chi connectivity index (χ3n) is 15.6. The number of hydrogen-bond donors (Lipinski definition) is 0. The van der Waals surface area contributed by atoms with Gasteiger partial charge in [-0.1, -0.05) is 330 Å². The molecular formula is C77H134O6. The Morgan fingerprint density at radius 3 is 0.735 bits per heavy atom. The lowest BCUT2D eigenvalue weighted by molar-refractivity contribution is -0.167. The van der Waals surface area contributed by atoms with Gasteiger partial charge in [-0.05, 0) is 103 Å². The van der Waals surface area contributed by atoms with E-state index in [1.54, 1.807) is 0 Å². The fourth-order valence-corrected chi connectivity index (χ4v) is 10.2. The van der Waals surface area contributed by atoms with Gasteiger partial charge >= 0.3 is 17.9 Å². The van der Waals surface area contributed by atoms with Gasteiger partial charge < -0.3 is 14.2 Å². The fraction of sp³-hybridized carbons (Fsp3) is 0.753. The molecule has 0 N–H and O–H groups in total. The van der Waals surface area contributed by atoms with Gasteiger partial charge in [0.1, 0.15) is 13.2 Å². The van der Waals surface area contributed by atoms with Crippen LogP contribution in [0.15, 0.2) is 97.2 Å². The number of unbranched alkanes of at least 4 members (excludes halogenated alkanes) is 38. The Balaban J connectivity index is 4.06. The third-order valence-corrected chi connectivity index (χ3v) is 15.6. The highest BCUT2D eigenvalue weighted by Gasteiger charge is 2.19. The molecule has 0 bridgehead atoms. The maximum atomic E-state index is 12.9. The van der Waals surface area contributed by atoms with Crippen molar-refractivity contribution >= 4 is 17.9 Å². The second-order valence-electron chi connectivity index (χ2n) is 23.8. The van der Waals surface area contributed by atoms with Gasteiger partial charge in [0.2, 0.25) is 0 Å². The van der Waals surface area contributed by atoms with Crippen LogP contribution in [-0.2, 0) is 28.6 Å². The molecule has 6 nitrogen and oxygen atoms in total. The summed E-state index contributed by atoms with van der Waals surface area (Å²) in [6, 6.07) is 0. The zero-order valence-corrected chi connectivity index (χ0v) is 54.9. The second-order valence-corrected chi connectivity index (χ2v) is 23.8. The van der Waals surface area contributed by atoms with E-state index in [4.69, 9.17) is 14.2 Å². The van der Waals surface area contributed by atoms with Gasteiger partial charge in [-0.2, -0.15) is 0 Å². The lowest BCUT2D eigenvalue weighted by atomic mass is 10.0. The predicted octanol–water partition coefficient (Wildman–Crippen LogP) is 24.8. The van der Waals surface area contributed by atoms with E-state index in [-0.39, 0.29) is 31.1 Å². The summed E-state index contributed by atoms with van der Waals surface area (Å²) >= 11 is 0. The minimum absolute atomic E-state index is 0.0742. The number of carbonyl (C=O) groups excluding carboxylic acids is 3. The molecule has 0 amide bonds. The number of carbonyl (C=O) groups is 3. The molecule has 0 aromatic rings. The van der Waals surface area contributed by atoms with Gasteiger partial charge in [-0.25, -0.2) is 0 Å². The summed E-state index contributed by atoms with van der Waals surface area (Å²) < 4.78 is 16.9. The average molecular weight is 1160 g/mol. The first-order valence-electron chi connectivity index (χ1n) is 35.7. The first-order valence-corrected chi connectivity index (χ1v) is 35.7. The minimum Gasteiger partial charge on any atom is -0.462 e. The topological polar surface area (TPSA) is 78.9 Å². The Kier molecular flexibility index (Phi) is 67.7. The Morgan fingerprint density at radius 2 is 0.470 bits per heavy atom. The molecule has 0 radical (unpaired) electrons. The summed E-state index contributed by atoms with van der Waals surface area (Å²) in [4.78, 5) is 38.2. The number of hydrogen-bond acceptors (Lipinski definition) is 6. The van der Waals surface area contributed by atoms with Crippen LogP contribution >= 0.6 is 0 Å². The van der Waals surface area contributed by atoms with E-state index in [0.717, 1.165) is 103 Å². The van der Waals surface area contributed by atoms with E-state index in [1.807, 2.05) is 0 Å². The zero-order valence-electron chi connectivity index (χ0n) is 54.9. The first kappa shape index (κ1) is 79.3. The molecule has 0 fully saturated rings. The molecule has 83 heavy (non-hydrogen) atoms. The minimum atomic E-state index is -0.776. The van der Waals surface area contributed by atoms with E-state index in [2.05, 4.69) is 118 Å². The summed E-state index contributed by atoms with van der Waals surface area (Å²) in [5, 5.41) is 0. The van der Waals surface area contributed by atoms with Gasteiger partial charge in [0, 0.05) is 19.3 Å². The molecule has 0 spiro atoms. The highest BCUT2D eigenvalue weighted by atomic mass is 16.6. The van der Waals surface area contributed by atoms with Gasteiger partial charge in [0.25, 0.3) is 0 Å². The van der Waals surface area contributed by atoms with Crippen molar-refractivity contribution in [1.82, 2.24) is 0 Å². The van der Waals surface area contributed by atoms with Crippen molar-refractivity contribution in [1.29, 1.82) is 0 Å². The van der Waals surface area contributed by atoms with Crippen LogP contribution in [0.1, 0.15) is 355 Å². The quantitative estimate of drug-likeness (QED) is 0.0261. The molecule has 6 heteroatoms. The molecule has 0 saturated heterocycles. The molecule has 0 heterocycles.